The van der Waals surface area contributed by atoms with E-state index in [9.17, 15) is 9.59 Å². The van der Waals surface area contributed by atoms with Crippen LogP contribution >= 0.6 is 11.8 Å². The Morgan fingerprint density at radius 3 is 2.22 bits per heavy atom. The van der Waals surface area contributed by atoms with Crippen LogP contribution in [0.15, 0.2) is 47.4 Å². The predicted octanol–water partition coefficient (Wildman–Crippen LogP) is 4.73. The minimum absolute atomic E-state index is 0.0577. The fraction of sp³-hybridized carbons (Fsp3) is 0.364. The lowest BCUT2D eigenvalue weighted by Gasteiger charge is -2.20. The molecule has 0 unspecified atom stereocenters. The summed E-state index contributed by atoms with van der Waals surface area (Å²) in [4.78, 5) is 26.9. The van der Waals surface area contributed by atoms with Gasteiger partial charge in [0.05, 0.1) is 5.75 Å². The number of thioether (sulfide) groups is 1. The van der Waals surface area contributed by atoms with Gasteiger partial charge in [-0.1, -0.05) is 32.9 Å². The van der Waals surface area contributed by atoms with E-state index in [2.05, 4.69) is 51.2 Å². The van der Waals surface area contributed by atoms with E-state index in [0.29, 0.717) is 17.0 Å². The third-order valence-corrected chi connectivity index (χ3v) is 5.39. The molecular formula is C22H28N2O2S. The first kappa shape index (κ1) is 21.0. The van der Waals surface area contributed by atoms with E-state index in [4.69, 9.17) is 0 Å². The minimum atomic E-state index is -0.0627. The summed E-state index contributed by atoms with van der Waals surface area (Å²) in [6.45, 7) is 8.61. The molecule has 144 valence electrons. The Hall–Kier alpha value is -2.27. The summed E-state index contributed by atoms with van der Waals surface area (Å²) < 4.78 is 0. The van der Waals surface area contributed by atoms with Crippen LogP contribution in [-0.2, 0) is 10.2 Å². The molecule has 0 atom stereocenters. The highest BCUT2D eigenvalue weighted by molar-refractivity contribution is 8.00. The lowest BCUT2D eigenvalue weighted by Crippen LogP contribution is -2.21. The van der Waals surface area contributed by atoms with Gasteiger partial charge in [0.1, 0.15) is 0 Å². The highest BCUT2D eigenvalue weighted by atomic mass is 32.2. The Morgan fingerprint density at radius 2 is 1.67 bits per heavy atom. The Kier molecular flexibility index (Phi) is 6.71. The number of carbonyl (C=O) groups excluding carboxylic acids is 2. The van der Waals surface area contributed by atoms with Gasteiger partial charge < -0.3 is 10.2 Å². The van der Waals surface area contributed by atoms with Crippen molar-refractivity contribution in [3.8, 4) is 0 Å². The van der Waals surface area contributed by atoms with Crippen LogP contribution in [0.4, 0.5) is 5.69 Å². The van der Waals surface area contributed by atoms with Crippen LogP contribution in [0, 0.1) is 6.92 Å². The summed E-state index contributed by atoms with van der Waals surface area (Å²) in [7, 11) is 3.43. The van der Waals surface area contributed by atoms with Crippen LogP contribution in [0.1, 0.15) is 42.3 Å². The maximum atomic E-state index is 12.3. The molecule has 0 bridgehead atoms. The van der Waals surface area contributed by atoms with Gasteiger partial charge in [0.2, 0.25) is 5.91 Å². The number of hydrogen-bond donors (Lipinski definition) is 1. The van der Waals surface area contributed by atoms with E-state index in [1.54, 1.807) is 50.1 Å². The standard InChI is InChI=1S/C22H28N2O2S/c1-15-7-10-17(22(2,3)4)13-19(15)27-14-20(25)23-18-11-8-16(9-12-18)21(26)24(5)6/h7-13H,14H2,1-6H3,(H,23,25). The van der Waals surface area contributed by atoms with Crippen molar-refractivity contribution in [3.05, 3.63) is 59.2 Å². The smallest absolute Gasteiger partial charge is 0.253 e. The van der Waals surface area contributed by atoms with Crippen molar-refractivity contribution in [2.75, 3.05) is 25.2 Å². The molecule has 0 aliphatic heterocycles. The molecule has 0 radical (unpaired) electrons. The van der Waals surface area contributed by atoms with Gasteiger partial charge in [-0.2, -0.15) is 0 Å². The fourth-order valence-corrected chi connectivity index (χ4v) is 3.38. The van der Waals surface area contributed by atoms with E-state index in [1.807, 2.05) is 0 Å². The number of hydrogen-bond acceptors (Lipinski definition) is 3. The van der Waals surface area contributed by atoms with Crippen LogP contribution in [0.3, 0.4) is 0 Å². The van der Waals surface area contributed by atoms with Gasteiger partial charge >= 0.3 is 0 Å². The first-order valence-corrected chi connectivity index (χ1v) is 9.92. The average molecular weight is 385 g/mol. The van der Waals surface area contributed by atoms with Gasteiger partial charge in [0, 0.05) is 30.2 Å². The average Bonchev–Trinajstić information content (AvgIpc) is 2.60. The van der Waals surface area contributed by atoms with Gasteiger partial charge in [-0.05, 0) is 53.8 Å². The lowest BCUT2D eigenvalue weighted by atomic mass is 9.87. The molecule has 1 N–H and O–H groups in total. The van der Waals surface area contributed by atoms with Gasteiger partial charge in [0.15, 0.2) is 0 Å². The highest BCUT2D eigenvalue weighted by Gasteiger charge is 2.15. The number of benzene rings is 2. The zero-order valence-electron chi connectivity index (χ0n) is 16.9. The molecule has 0 aliphatic rings. The van der Waals surface area contributed by atoms with Crippen LogP contribution < -0.4 is 5.32 Å². The maximum absolute atomic E-state index is 12.3. The molecule has 0 saturated heterocycles. The van der Waals surface area contributed by atoms with Crippen LogP contribution in [0.25, 0.3) is 0 Å². The van der Waals surface area contributed by atoms with Gasteiger partial charge in [0.25, 0.3) is 5.91 Å². The van der Waals surface area contributed by atoms with Crippen LogP contribution in [0.2, 0.25) is 0 Å². The second-order valence-corrected chi connectivity index (χ2v) is 8.86. The fourth-order valence-electron chi connectivity index (χ4n) is 2.52. The quantitative estimate of drug-likeness (QED) is 0.759. The first-order chi connectivity index (χ1) is 12.6. The summed E-state index contributed by atoms with van der Waals surface area (Å²) in [5.74, 6) is 0.220. The largest absolute Gasteiger partial charge is 0.345 e. The molecule has 0 aliphatic carbocycles. The molecule has 2 aromatic rings. The predicted molar refractivity (Wildman–Crippen MR) is 114 cm³/mol. The summed E-state index contributed by atoms with van der Waals surface area (Å²) in [6.07, 6.45) is 0. The van der Waals surface area contributed by atoms with E-state index >= 15 is 0 Å². The molecule has 4 nitrogen and oxygen atoms in total. The van der Waals surface area contributed by atoms with Crippen molar-refractivity contribution >= 4 is 29.3 Å². The number of amides is 2. The Balaban J connectivity index is 1.98. The second-order valence-electron chi connectivity index (χ2n) is 7.84. The van der Waals surface area contributed by atoms with Crippen molar-refractivity contribution in [2.24, 2.45) is 0 Å². The number of nitrogens with zero attached hydrogens (tertiary/aromatic N) is 1. The second kappa shape index (κ2) is 8.61. The first-order valence-electron chi connectivity index (χ1n) is 8.93. The SMILES string of the molecule is Cc1ccc(C(C)(C)C)cc1SCC(=O)Nc1ccc(C(=O)N(C)C)cc1. The summed E-state index contributed by atoms with van der Waals surface area (Å²) in [5, 5.41) is 2.89. The molecule has 0 saturated carbocycles. The van der Waals surface area contributed by atoms with Gasteiger partial charge in [-0.15, -0.1) is 11.8 Å². The number of carbonyl (C=O) groups is 2. The third kappa shape index (κ3) is 5.86. The number of nitrogens with one attached hydrogen (secondary N) is 1. The van der Waals surface area contributed by atoms with E-state index in [1.165, 1.54) is 16.0 Å². The van der Waals surface area contributed by atoms with E-state index < -0.39 is 0 Å². The normalized spacial score (nSPS) is 11.2. The molecule has 2 rings (SSSR count). The zero-order valence-corrected chi connectivity index (χ0v) is 17.7. The van der Waals surface area contributed by atoms with Gasteiger partial charge in [-0.25, -0.2) is 0 Å². The van der Waals surface area contributed by atoms with Gasteiger partial charge in [-0.3, -0.25) is 9.59 Å². The number of aryl methyl sites for hydroxylation is 1. The van der Waals surface area contributed by atoms with E-state index in [-0.39, 0.29) is 17.2 Å². The van der Waals surface area contributed by atoms with E-state index in [0.717, 1.165) is 4.90 Å². The zero-order chi connectivity index (χ0) is 20.2. The molecule has 2 aromatic carbocycles. The lowest BCUT2D eigenvalue weighted by molar-refractivity contribution is -0.113. The number of anilines is 1. The summed E-state index contributed by atoms with van der Waals surface area (Å²) in [5.41, 5.74) is 3.80. The topological polar surface area (TPSA) is 49.4 Å². The Morgan fingerprint density at radius 1 is 1.04 bits per heavy atom. The van der Waals surface area contributed by atoms with Crippen molar-refractivity contribution in [1.29, 1.82) is 0 Å². The Bertz CT molecular complexity index is 821. The van der Waals surface area contributed by atoms with Crippen LogP contribution in [-0.4, -0.2) is 36.6 Å². The monoisotopic (exact) mass is 384 g/mol. The molecule has 2 amide bonds. The maximum Gasteiger partial charge on any atom is 0.253 e. The molecule has 5 heteroatoms. The summed E-state index contributed by atoms with van der Waals surface area (Å²) in [6, 6.07) is 13.4. The van der Waals surface area contributed by atoms with Crippen LogP contribution in [0.5, 0.6) is 0 Å². The summed E-state index contributed by atoms with van der Waals surface area (Å²) >= 11 is 1.54. The minimum Gasteiger partial charge on any atom is -0.345 e. The van der Waals surface area contributed by atoms with Crippen molar-refractivity contribution in [2.45, 2.75) is 38.0 Å². The molecular weight excluding hydrogens is 356 g/mol. The molecule has 0 spiro atoms. The number of rotatable bonds is 5. The molecule has 0 fully saturated rings. The van der Waals surface area contributed by atoms with Crippen molar-refractivity contribution in [3.63, 3.8) is 0 Å². The highest BCUT2D eigenvalue weighted by Crippen LogP contribution is 2.29. The molecule has 0 heterocycles. The van der Waals surface area contributed by atoms with Crippen molar-refractivity contribution < 1.29 is 9.59 Å². The molecule has 0 aromatic heterocycles. The molecule has 27 heavy (non-hydrogen) atoms. The Labute approximate surface area is 166 Å². The van der Waals surface area contributed by atoms with Crippen molar-refractivity contribution in [1.82, 2.24) is 4.90 Å². The third-order valence-electron chi connectivity index (χ3n) is 4.23.